The van der Waals surface area contributed by atoms with Gasteiger partial charge in [-0.1, -0.05) is 13.3 Å². The summed E-state index contributed by atoms with van der Waals surface area (Å²) in [4.78, 5) is 0. The van der Waals surface area contributed by atoms with Crippen LogP contribution in [0.25, 0.3) is 0 Å². The molecule has 1 heterocycles. The Morgan fingerprint density at radius 2 is 2.18 bits per heavy atom. The molecule has 0 aromatic carbocycles. The Morgan fingerprint density at radius 3 is 2.82 bits per heavy atom. The van der Waals surface area contributed by atoms with Gasteiger partial charge >= 0.3 is 0 Å². The first-order chi connectivity index (χ1) is 8.35. The second kappa shape index (κ2) is 6.72. The molecule has 2 aliphatic rings. The first kappa shape index (κ1) is 13.3. The van der Waals surface area contributed by atoms with Gasteiger partial charge in [0.15, 0.2) is 0 Å². The van der Waals surface area contributed by atoms with Crippen LogP contribution in [0.3, 0.4) is 0 Å². The first-order valence-electron chi connectivity index (χ1n) is 7.33. The lowest BCUT2D eigenvalue weighted by molar-refractivity contribution is 0.151. The maximum Gasteiger partial charge on any atom is 0.0615 e. The molecule has 0 amide bonds. The Balaban J connectivity index is 1.85. The van der Waals surface area contributed by atoms with Crippen LogP contribution in [0, 0.1) is 5.92 Å². The van der Waals surface area contributed by atoms with Crippen LogP contribution < -0.4 is 10.6 Å². The quantitative estimate of drug-likeness (QED) is 0.744. The van der Waals surface area contributed by atoms with E-state index in [-0.39, 0.29) is 0 Å². The molecule has 0 radical (unpaired) electrons. The van der Waals surface area contributed by atoms with Crippen molar-refractivity contribution in [1.82, 2.24) is 10.6 Å². The summed E-state index contributed by atoms with van der Waals surface area (Å²) in [5.74, 6) is 0.850. The van der Waals surface area contributed by atoms with Crippen molar-refractivity contribution < 1.29 is 4.74 Å². The van der Waals surface area contributed by atoms with Crippen molar-refractivity contribution in [2.45, 2.75) is 63.6 Å². The summed E-state index contributed by atoms with van der Waals surface area (Å²) >= 11 is 0. The normalized spacial score (nSPS) is 35.3. The SMILES string of the molecule is CCC(COC)NC1CCCC1C1CCCN1. The van der Waals surface area contributed by atoms with E-state index in [0.717, 1.165) is 25.0 Å². The monoisotopic (exact) mass is 240 g/mol. The summed E-state index contributed by atoms with van der Waals surface area (Å²) in [6.07, 6.45) is 8.05. The fourth-order valence-electron chi connectivity index (χ4n) is 3.54. The van der Waals surface area contributed by atoms with Gasteiger partial charge in [0, 0.05) is 25.2 Å². The molecule has 4 atom stereocenters. The van der Waals surface area contributed by atoms with E-state index in [1.807, 2.05) is 0 Å². The Labute approximate surface area is 106 Å². The predicted molar refractivity (Wildman–Crippen MR) is 71.2 cm³/mol. The number of ether oxygens (including phenoxy) is 1. The van der Waals surface area contributed by atoms with Crippen molar-refractivity contribution in [2.75, 3.05) is 20.3 Å². The highest BCUT2D eigenvalue weighted by Crippen LogP contribution is 2.32. The van der Waals surface area contributed by atoms with Gasteiger partial charge in [0.2, 0.25) is 0 Å². The Hall–Kier alpha value is -0.120. The minimum absolute atomic E-state index is 0.534. The summed E-state index contributed by atoms with van der Waals surface area (Å²) in [5.41, 5.74) is 0. The van der Waals surface area contributed by atoms with Crippen molar-refractivity contribution in [3.8, 4) is 0 Å². The Kier molecular flexibility index (Phi) is 5.26. The van der Waals surface area contributed by atoms with Gasteiger partial charge in [-0.3, -0.25) is 0 Å². The van der Waals surface area contributed by atoms with E-state index in [2.05, 4.69) is 17.6 Å². The lowest BCUT2D eigenvalue weighted by atomic mass is 9.92. The van der Waals surface area contributed by atoms with Crippen LogP contribution >= 0.6 is 0 Å². The number of methoxy groups -OCH3 is 1. The standard InChI is InChI=1S/C14H28N2O/c1-3-11(10-17-2)16-14-7-4-6-12(14)13-8-5-9-15-13/h11-16H,3-10H2,1-2H3. The highest BCUT2D eigenvalue weighted by molar-refractivity contribution is 4.94. The van der Waals surface area contributed by atoms with E-state index >= 15 is 0 Å². The van der Waals surface area contributed by atoms with Gasteiger partial charge in [0.05, 0.1) is 6.61 Å². The van der Waals surface area contributed by atoms with Crippen molar-refractivity contribution in [3.05, 3.63) is 0 Å². The van der Waals surface area contributed by atoms with Gasteiger partial charge in [-0.05, 0) is 44.6 Å². The molecule has 3 heteroatoms. The topological polar surface area (TPSA) is 33.3 Å². The Bertz CT molecular complexity index is 216. The van der Waals surface area contributed by atoms with E-state index in [9.17, 15) is 0 Å². The molecule has 1 aliphatic carbocycles. The summed E-state index contributed by atoms with van der Waals surface area (Å²) in [6, 6.07) is 2.02. The molecule has 1 aliphatic heterocycles. The fraction of sp³-hybridized carbons (Fsp3) is 1.00. The largest absolute Gasteiger partial charge is 0.383 e. The second-order valence-corrected chi connectivity index (χ2v) is 5.63. The average molecular weight is 240 g/mol. The lowest BCUT2D eigenvalue weighted by Crippen LogP contribution is -2.47. The van der Waals surface area contributed by atoms with Gasteiger partial charge in [-0.25, -0.2) is 0 Å². The predicted octanol–water partition coefficient (Wildman–Crippen LogP) is 1.92. The molecular weight excluding hydrogens is 212 g/mol. The van der Waals surface area contributed by atoms with Crippen LogP contribution in [0.1, 0.15) is 45.4 Å². The van der Waals surface area contributed by atoms with Gasteiger partial charge in [-0.2, -0.15) is 0 Å². The minimum Gasteiger partial charge on any atom is -0.383 e. The molecule has 4 unspecified atom stereocenters. The summed E-state index contributed by atoms with van der Waals surface area (Å²) in [6.45, 7) is 4.31. The zero-order chi connectivity index (χ0) is 12.1. The molecule has 1 saturated carbocycles. The molecule has 0 aromatic rings. The molecule has 3 nitrogen and oxygen atoms in total. The van der Waals surface area contributed by atoms with Gasteiger partial charge < -0.3 is 15.4 Å². The molecule has 2 rings (SSSR count). The van der Waals surface area contributed by atoms with Crippen molar-refractivity contribution in [3.63, 3.8) is 0 Å². The molecule has 0 spiro atoms. The molecular formula is C14H28N2O. The van der Waals surface area contributed by atoms with E-state index in [0.29, 0.717) is 12.1 Å². The third-order valence-corrected chi connectivity index (χ3v) is 4.50. The van der Waals surface area contributed by atoms with Crippen LogP contribution in [0.2, 0.25) is 0 Å². The smallest absolute Gasteiger partial charge is 0.0615 e. The first-order valence-corrected chi connectivity index (χ1v) is 7.33. The second-order valence-electron chi connectivity index (χ2n) is 5.63. The summed E-state index contributed by atoms with van der Waals surface area (Å²) < 4.78 is 5.29. The van der Waals surface area contributed by atoms with Gasteiger partial charge in [0.1, 0.15) is 0 Å². The van der Waals surface area contributed by atoms with Gasteiger partial charge in [0.25, 0.3) is 0 Å². The van der Waals surface area contributed by atoms with Crippen LogP contribution in [-0.4, -0.2) is 38.4 Å². The van der Waals surface area contributed by atoms with Crippen LogP contribution in [0.4, 0.5) is 0 Å². The molecule has 100 valence electrons. The number of nitrogens with one attached hydrogen (secondary N) is 2. The molecule has 0 bridgehead atoms. The lowest BCUT2D eigenvalue weighted by Gasteiger charge is -2.30. The number of hydrogen-bond acceptors (Lipinski definition) is 3. The minimum atomic E-state index is 0.534. The van der Waals surface area contributed by atoms with E-state index in [1.54, 1.807) is 7.11 Å². The number of hydrogen-bond donors (Lipinski definition) is 2. The molecule has 2 fully saturated rings. The van der Waals surface area contributed by atoms with Crippen molar-refractivity contribution >= 4 is 0 Å². The van der Waals surface area contributed by atoms with Gasteiger partial charge in [-0.15, -0.1) is 0 Å². The van der Waals surface area contributed by atoms with Crippen LogP contribution in [-0.2, 0) is 4.74 Å². The molecule has 1 saturated heterocycles. The number of rotatable bonds is 6. The summed E-state index contributed by atoms with van der Waals surface area (Å²) in [5, 5.41) is 7.51. The zero-order valence-corrected chi connectivity index (χ0v) is 11.4. The van der Waals surface area contributed by atoms with Crippen LogP contribution in [0.5, 0.6) is 0 Å². The molecule has 2 N–H and O–H groups in total. The third kappa shape index (κ3) is 3.43. The van der Waals surface area contributed by atoms with E-state index in [4.69, 9.17) is 4.74 Å². The fourth-order valence-corrected chi connectivity index (χ4v) is 3.54. The Morgan fingerprint density at radius 1 is 1.29 bits per heavy atom. The van der Waals surface area contributed by atoms with Crippen LogP contribution in [0.15, 0.2) is 0 Å². The van der Waals surface area contributed by atoms with Crippen molar-refractivity contribution in [2.24, 2.45) is 5.92 Å². The molecule has 17 heavy (non-hydrogen) atoms. The highest BCUT2D eigenvalue weighted by Gasteiger charge is 2.35. The van der Waals surface area contributed by atoms with Crippen molar-refractivity contribution in [1.29, 1.82) is 0 Å². The summed E-state index contributed by atoms with van der Waals surface area (Å²) in [7, 11) is 1.80. The maximum absolute atomic E-state index is 5.29. The van der Waals surface area contributed by atoms with E-state index < -0.39 is 0 Å². The maximum atomic E-state index is 5.29. The highest BCUT2D eigenvalue weighted by atomic mass is 16.5. The van der Waals surface area contributed by atoms with E-state index in [1.165, 1.54) is 38.6 Å². The third-order valence-electron chi connectivity index (χ3n) is 4.50. The average Bonchev–Trinajstić information content (AvgIpc) is 2.98. The zero-order valence-electron chi connectivity index (χ0n) is 11.4. The molecule has 0 aromatic heterocycles.